The van der Waals surface area contributed by atoms with Crippen molar-refractivity contribution in [2.24, 2.45) is 5.14 Å². The number of anilines is 1. The molecule has 0 spiro atoms. The van der Waals surface area contributed by atoms with Gasteiger partial charge in [0.2, 0.25) is 15.9 Å². The lowest BCUT2D eigenvalue weighted by atomic mass is 10.2. The fourth-order valence-electron chi connectivity index (χ4n) is 2.79. The molecule has 166 valence electrons. The van der Waals surface area contributed by atoms with Crippen molar-refractivity contribution in [1.82, 2.24) is 9.55 Å². The van der Waals surface area contributed by atoms with E-state index in [0.29, 0.717) is 22.7 Å². The van der Waals surface area contributed by atoms with Gasteiger partial charge >= 0.3 is 6.18 Å². The van der Waals surface area contributed by atoms with Crippen LogP contribution in [0.3, 0.4) is 0 Å². The molecule has 1 heterocycles. The summed E-state index contributed by atoms with van der Waals surface area (Å²) < 4.78 is 63.5. The van der Waals surface area contributed by atoms with E-state index in [1.165, 1.54) is 12.1 Å². The van der Waals surface area contributed by atoms with Crippen molar-refractivity contribution in [1.29, 1.82) is 0 Å². The molecule has 0 radical (unpaired) electrons. The third kappa shape index (κ3) is 5.32. The number of thioether (sulfide) groups is 1. The number of sulfonamides is 1. The molecule has 0 atom stereocenters. The van der Waals surface area contributed by atoms with E-state index in [0.717, 1.165) is 30.0 Å². The van der Waals surface area contributed by atoms with E-state index >= 15 is 0 Å². The van der Waals surface area contributed by atoms with Gasteiger partial charge in [0.15, 0.2) is 5.16 Å². The molecule has 0 bridgehead atoms. The highest BCUT2D eigenvalue weighted by molar-refractivity contribution is 7.99. The summed E-state index contributed by atoms with van der Waals surface area (Å²) >= 11 is 6.94. The van der Waals surface area contributed by atoms with Gasteiger partial charge in [0.05, 0.1) is 38.0 Å². The van der Waals surface area contributed by atoms with Gasteiger partial charge in [-0.05, 0) is 43.3 Å². The molecule has 2 aromatic carbocycles. The smallest absolute Gasteiger partial charge is 0.324 e. The molecule has 3 N–H and O–H groups in total. The molecular formula is C18H16ClF3N4O3S2. The molecule has 0 unspecified atom stereocenters. The molecule has 0 aliphatic heterocycles. The number of primary sulfonamides is 1. The van der Waals surface area contributed by atoms with Gasteiger partial charge in [-0.25, -0.2) is 18.5 Å². The number of fused-ring (bicyclic) bond motifs is 1. The quantitative estimate of drug-likeness (QED) is 0.504. The van der Waals surface area contributed by atoms with Crippen molar-refractivity contribution >= 4 is 56.0 Å². The van der Waals surface area contributed by atoms with E-state index in [2.05, 4.69) is 10.3 Å². The number of nitrogens with zero attached hydrogens (tertiary/aromatic N) is 2. The van der Waals surface area contributed by atoms with Crippen LogP contribution in [0.25, 0.3) is 11.0 Å². The van der Waals surface area contributed by atoms with Gasteiger partial charge in [-0.15, -0.1) is 0 Å². The summed E-state index contributed by atoms with van der Waals surface area (Å²) in [5.41, 5.74) is -0.0434. The van der Waals surface area contributed by atoms with Crippen molar-refractivity contribution < 1.29 is 26.4 Å². The minimum absolute atomic E-state index is 0.0253. The van der Waals surface area contributed by atoms with Crippen LogP contribution in [0.1, 0.15) is 12.5 Å². The lowest BCUT2D eigenvalue weighted by Crippen LogP contribution is -2.16. The summed E-state index contributed by atoms with van der Waals surface area (Å²) in [5.74, 6) is -0.732. The number of hydrogen-bond donors (Lipinski definition) is 2. The first-order chi connectivity index (χ1) is 14.4. The molecule has 3 aromatic rings. The number of alkyl halides is 3. The highest BCUT2D eigenvalue weighted by atomic mass is 35.5. The maximum atomic E-state index is 12.9. The van der Waals surface area contributed by atoms with Gasteiger partial charge in [-0.3, -0.25) is 4.79 Å². The highest BCUT2D eigenvalue weighted by Crippen LogP contribution is 2.34. The number of carbonyl (C=O) groups excluding carboxylic acids is 1. The summed E-state index contributed by atoms with van der Waals surface area (Å²) in [5, 5.41) is 7.93. The number of imidazole rings is 1. The molecule has 13 heteroatoms. The fourth-order valence-corrected chi connectivity index (χ4v) is 4.37. The monoisotopic (exact) mass is 492 g/mol. The predicted molar refractivity (Wildman–Crippen MR) is 113 cm³/mol. The van der Waals surface area contributed by atoms with Crippen molar-refractivity contribution in [2.45, 2.75) is 29.7 Å². The second kappa shape index (κ2) is 8.69. The minimum Gasteiger partial charge on any atom is -0.324 e. The predicted octanol–water partition coefficient (Wildman–Crippen LogP) is 4.11. The molecule has 0 saturated heterocycles. The van der Waals surface area contributed by atoms with E-state index in [-0.39, 0.29) is 21.4 Å². The summed E-state index contributed by atoms with van der Waals surface area (Å²) in [7, 11) is -3.90. The second-order valence-electron chi connectivity index (χ2n) is 6.36. The Hall–Kier alpha value is -2.28. The number of aryl methyl sites for hydroxylation is 1. The van der Waals surface area contributed by atoms with Crippen molar-refractivity contribution in [2.75, 3.05) is 11.1 Å². The average molecular weight is 493 g/mol. The van der Waals surface area contributed by atoms with Crippen molar-refractivity contribution in [3.8, 4) is 0 Å². The van der Waals surface area contributed by atoms with Crippen LogP contribution in [0.4, 0.5) is 18.9 Å². The SMILES string of the molecule is CCn1c(SCC(=O)Nc2cc(C(F)(F)F)ccc2Cl)nc2cc(S(N)(=O)=O)ccc21. The first kappa shape index (κ1) is 23.4. The number of hydrogen-bond acceptors (Lipinski definition) is 5. The number of amides is 1. The van der Waals surface area contributed by atoms with Crippen LogP contribution in [0, 0.1) is 0 Å². The zero-order valence-corrected chi connectivity index (χ0v) is 18.3. The number of benzene rings is 2. The number of carbonyl (C=O) groups is 1. The summed E-state index contributed by atoms with van der Waals surface area (Å²) in [4.78, 5) is 16.6. The van der Waals surface area contributed by atoms with E-state index in [1.807, 2.05) is 6.92 Å². The standard InChI is InChI=1S/C18H16ClF3N4O3S2/c1-2-26-15-6-4-11(31(23,28)29)8-14(15)25-17(26)30-9-16(27)24-13-7-10(18(20,21)22)3-5-12(13)19/h3-8H,2,9H2,1H3,(H,24,27)(H2,23,28,29). The van der Waals surface area contributed by atoms with Gasteiger partial charge in [0.25, 0.3) is 0 Å². The third-order valence-electron chi connectivity index (χ3n) is 4.23. The minimum atomic E-state index is -4.57. The number of rotatable bonds is 6. The van der Waals surface area contributed by atoms with Crippen LogP contribution in [-0.4, -0.2) is 29.6 Å². The molecule has 31 heavy (non-hydrogen) atoms. The van der Waals surface area contributed by atoms with Gasteiger partial charge in [0.1, 0.15) is 0 Å². The molecule has 0 fully saturated rings. The Morgan fingerprint density at radius 3 is 2.58 bits per heavy atom. The number of nitrogens with two attached hydrogens (primary N) is 1. The summed E-state index contributed by atoms with van der Waals surface area (Å²) in [6.07, 6.45) is -4.57. The summed E-state index contributed by atoms with van der Waals surface area (Å²) in [6.45, 7) is 2.34. The lowest BCUT2D eigenvalue weighted by Gasteiger charge is -2.11. The number of nitrogens with one attached hydrogen (secondary N) is 1. The molecule has 1 amide bonds. The molecule has 0 saturated carbocycles. The van der Waals surface area contributed by atoms with Crippen molar-refractivity contribution in [3.63, 3.8) is 0 Å². The Morgan fingerprint density at radius 2 is 1.97 bits per heavy atom. The normalized spacial score (nSPS) is 12.3. The Labute approximate surface area is 184 Å². The van der Waals surface area contributed by atoms with E-state index < -0.39 is 27.7 Å². The molecule has 0 aliphatic rings. The molecule has 0 aliphatic carbocycles. The molecule has 1 aromatic heterocycles. The first-order valence-electron chi connectivity index (χ1n) is 8.72. The van der Waals surface area contributed by atoms with Crippen LogP contribution in [-0.2, 0) is 27.5 Å². The Bertz CT molecular complexity index is 1260. The van der Waals surface area contributed by atoms with Crippen LogP contribution < -0.4 is 10.5 Å². The van der Waals surface area contributed by atoms with Crippen molar-refractivity contribution in [3.05, 3.63) is 47.0 Å². The van der Waals surface area contributed by atoms with Crippen LogP contribution in [0.5, 0.6) is 0 Å². The molecular weight excluding hydrogens is 477 g/mol. The zero-order valence-electron chi connectivity index (χ0n) is 15.9. The fraction of sp³-hybridized carbons (Fsp3) is 0.222. The molecule has 3 rings (SSSR count). The Kier molecular flexibility index (Phi) is 6.56. The topological polar surface area (TPSA) is 107 Å². The maximum absolute atomic E-state index is 12.9. The van der Waals surface area contributed by atoms with E-state index in [4.69, 9.17) is 16.7 Å². The third-order valence-corrected chi connectivity index (χ3v) is 6.45. The second-order valence-corrected chi connectivity index (χ2v) is 9.27. The highest BCUT2D eigenvalue weighted by Gasteiger charge is 2.31. The Morgan fingerprint density at radius 1 is 1.26 bits per heavy atom. The Balaban J connectivity index is 1.79. The zero-order chi connectivity index (χ0) is 23.0. The van der Waals surface area contributed by atoms with Crippen LogP contribution in [0.2, 0.25) is 5.02 Å². The average Bonchev–Trinajstić information content (AvgIpc) is 3.03. The number of aromatic nitrogens is 2. The lowest BCUT2D eigenvalue weighted by molar-refractivity contribution is -0.137. The number of halogens is 4. The van der Waals surface area contributed by atoms with E-state index in [1.54, 1.807) is 10.6 Å². The van der Waals surface area contributed by atoms with Gasteiger partial charge in [-0.1, -0.05) is 23.4 Å². The van der Waals surface area contributed by atoms with E-state index in [9.17, 15) is 26.4 Å². The van der Waals surface area contributed by atoms with Crippen LogP contribution >= 0.6 is 23.4 Å². The van der Waals surface area contributed by atoms with Gasteiger partial charge < -0.3 is 9.88 Å². The maximum Gasteiger partial charge on any atom is 0.416 e. The molecule has 7 nitrogen and oxygen atoms in total. The van der Waals surface area contributed by atoms with Crippen LogP contribution in [0.15, 0.2) is 46.5 Å². The summed E-state index contributed by atoms with van der Waals surface area (Å²) in [6, 6.07) is 6.92. The first-order valence-corrected chi connectivity index (χ1v) is 11.6. The largest absolute Gasteiger partial charge is 0.416 e. The van der Waals surface area contributed by atoms with Gasteiger partial charge in [-0.2, -0.15) is 13.2 Å². The van der Waals surface area contributed by atoms with Gasteiger partial charge in [0, 0.05) is 6.54 Å².